The van der Waals surface area contributed by atoms with E-state index in [4.69, 9.17) is 18.9 Å². The summed E-state index contributed by atoms with van der Waals surface area (Å²) < 4.78 is 165. The number of amides is 4. The van der Waals surface area contributed by atoms with Crippen LogP contribution in [0.2, 0.25) is 0 Å². The molecule has 10 aromatic carbocycles. The van der Waals surface area contributed by atoms with Crippen LogP contribution in [0.25, 0.3) is 0 Å². The predicted octanol–water partition coefficient (Wildman–Crippen LogP) is 18.3. The number of ether oxygens (including phenoxy) is 4. The van der Waals surface area contributed by atoms with Gasteiger partial charge in [-0.05, 0) is 120 Å². The minimum Gasteiger partial charge on any atom is -0.504 e. The summed E-state index contributed by atoms with van der Waals surface area (Å²) >= 11 is 0. The zero-order valence-corrected chi connectivity index (χ0v) is 54.4. The molecule has 0 fully saturated rings. The minimum atomic E-state index is -10.5. The zero-order valence-electron chi connectivity index (χ0n) is 52.7. The van der Waals surface area contributed by atoms with E-state index in [1.54, 1.807) is 73.0 Å². The van der Waals surface area contributed by atoms with E-state index in [1.807, 2.05) is 72.8 Å². The molecule has 0 aliphatic rings. The van der Waals surface area contributed by atoms with E-state index in [-0.39, 0.29) is 84.8 Å². The topological polar surface area (TPSA) is 315 Å². The average molecular weight is 1470 g/mol. The van der Waals surface area contributed by atoms with Crippen LogP contribution in [0.15, 0.2) is 204 Å². The third-order valence-corrected chi connectivity index (χ3v) is 17.1. The van der Waals surface area contributed by atoms with Gasteiger partial charge in [0.1, 0.15) is 42.0 Å². The summed E-state index contributed by atoms with van der Waals surface area (Å²) in [5, 5.41) is 85.9. The first-order valence-corrected chi connectivity index (χ1v) is 33.4. The normalized spacial score (nSPS) is 12.7. The summed E-state index contributed by atoms with van der Waals surface area (Å²) in [6, 6.07) is 43.0. The van der Waals surface area contributed by atoms with E-state index >= 15 is 0 Å². The highest BCUT2D eigenvalue weighted by Crippen LogP contribution is 3.03. The maximum atomic E-state index is 14.6. The van der Waals surface area contributed by atoms with E-state index < -0.39 is 134 Å². The Bertz CT molecular complexity index is 4690. The first-order valence-electron chi connectivity index (χ1n) is 29.5. The molecule has 10 rings (SSSR count). The second-order valence-corrected chi connectivity index (χ2v) is 27.3. The van der Waals surface area contributed by atoms with Gasteiger partial charge in [0.25, 0.3) is 23.6 Å². The highest BCUT2D eigenvalue weighted by Gasteiger charge is 2.67. The predicted molar refractivity (Wildman–Crippen MR) is 359 cm³/mol. The van der Waals surface area contributed by atoms with E-state index in [0.717, 1.165) is 22.3 Å². The van der Waals surface area contributed by atoms with Crippen molar-refractivity contribution in [3.8, 4) is 69.0 Å². The molecular formula is C70H58F10N4O16S2. The molecule has 102 heavy (non-hydrogen) atoms. The third kappa shape index (κ3) is 18.7. The first-order chi connectivity index (χ1) is 47.6. The van der Waals surface area contributed by atoms with Crippen molar-refractivity contribution < 1.29 is 118 Å². The number of rotatable bonds is 22. The Morgan fingerprint density at radius 2 is 0.569 bits per heavy atom. The molecule has 0 aliphatic carbocycles. The fourth-order valence-electron chi connectivity index (χ4n) is 9.40. The standard InChI is InChI=1S/C50H43F5N2O7S.C20H15F5N2O9S/c1-33-23-39(24-44(34(33)2)61-29-35-15-7-3-8-16-35)49(59)56-42-27-41(65(51,52,53,54)55)28-43(47(42)58)57-50(60)40-25-45(62-30-36-17-9-4-10-18-36)48(64-32-38-21-13-6-14-22-38)46(26-40)63-31-37-19-11-5-12-20-37;21-37(22,23,24,25)9-5-10(26-19(35)7-1-12(28)17(33)13(29)2-7)16(32)11(6-9)27-20(36)8-3-14(30)18(34)15(31)4-8/h3-28,58H,29-32H2,1-2H3,(H,56,59)(H,57,60);1-6,28-34H,(H,26,35)(H,27,36). The quantitative estimate of drug-likeness (QED) is 0.0222. The number of anilines is 4. The number of phenolic OH excluding ortho intramolecular Hbond substituents is 8. The highest BCUT2D eigenvalue weighted by atomic mass is 32.5. The lowest BCUT2D eigenvalue weighted by Gasteiger charge is -2.41. The van der Waals surface area contributed by atoms with Crippen molar-refractivity contribution in [2.45, 2.75) is 50.1 Å². The number of carbonyl (C=O) groups excluding carboxylic acids is 4. The fraction of sp³-hybridized carbons (Fsp3) is 0.0857. The second-order valence-electron chi connectivity index (χ2n) is 22.5. The average Bonchev–Trinajstić information content (AvgIpc) is 0.725. The molecule has 32 heteroatoms. The van der Waals surface area contributed by atoms with Gasteiger partial charge in [-0.3, -0.25) is 19.2 Å². The number of halogens is 10. The van der Waals surface area contributed by atoms with Gasteiger partial charge >= 0.3 is 20.4 Å². The van der Waals surface area contributed by atoms with Crippen LogP contribution in [0.4, 0.5) is 61.6 Å². The van der Waals surface area contributed by atoms with Gasteiger partial charge in [0, 0.05) is 22.3 Å². The van der Waals surface area contributed by atoms with Crippen LogP contribution in [0, 0.1) is 13.8 Å². The molecule has 0 heterocycles. The Morgan fingerprint density at radius 3 is 0.853 bits per heavy atom. The molecule has 10 aromatic rings. The van der Waals surface area contributed by atoms with Gasteiger partial charge in [0.05, 0.1) is 22.7 Å². The van der Waals surface area contributed by atoms with Crippen molar-refractivity contribution in [2.24, 2.45) is 0 Å². The molecule has 0 aliphatic heterocycles. The molecule has 0 spiro atoms. The Morgan fingerprint density at radius 1 is 0.324 bits per heavy atom. The lowest BCUT2D eigenvalue weighted by molar-refractivity contribution is 0.101. The van der Waals surface area contributed by atoms with Crippen molar-refractivity contribution >= 4 is 66.8 Å². The molecule has 0 atom stereocenters. The third-order valence-electron chi connectivity index (χ3n) is 14.8. The molecule has 20 nitrogen and oxygen atoms in total. The van der Waals surface area contributed by atoms with Gasteiger partial charge in [-0.2, -0.15) is 0 Å². The molecule has 0 unspecified atom stereocenters. The number of phenols is 8. The first kappa shape index (κ1) is 73.9. The summed E-state index contributed by atoms with van der Waals surface area (Å²) in [7, 11) is -21.0. The number of benzene rings is 10. The van der Waals surface area contributed by atoms with Gasteiger partial charge in [-0.15, -0.1) is 0 Å². The van der Waals surface area contributed by atoms with Gasteiger partial charge in [-0.1, -0.05) is 160 Å². The Kier molecular flexibility index (Phi) is 19.9. The minimum absolute atomic E-state index is 0.000982. The van der Waals surface area contributed by atoms with Crippen molar-refractivity contribution in [1.29, 1.82) is 0 Å². The van der Waals surface area contributed by atoms with Crippen LogP contribution in [-0.2, 0) is 26.4 Å². The van der Waals surface area contributed by atoms with Crippen molar-refractivity contribution in [2.75, 3.05) is 21.3 Å². The summed E-state index contributed by atoms with van der Waals surface area (Å²) in [5.41, 5.74) is -2.14. The van der Waals surface area contributed by atoms with Gasteiger partial charge in [0.2, 0.25) is 5.75 Å². The number of nitrogens with one attached hydrogen (secondary N) is 4. The number of carbonyl (C=O) groups is 4. The smallest absolute Gasteiger partial charge is 0.310 e. The van der Waals surface area contributed by atoms with Crippen molar-refractivity contribution in [3.05, 3.63) is 250 Å². The van der Waals surface area contributed by atoms with Gasteiger partial charge < -0.3 is 81.1 Å². The maximum absolute atomic E-state index is 14.6. The molecule has 0 bridgehead atoms. The highest BCUT2D eigenvalue weighted by molar-refractivity contribution is 8.46. The van der Waals surface area contributed by atoms with E-state index in [2.05, 4.69) is 10.6 Å². The second kappa shape index (κ2) is 27.4. The van der Waals surface area contributed by atoms with Gasteiger partial charge in [0.15, 0.2) is 57.5 Å². The lowest BCUT2D eigenvalue weighted by Crippen LogP contribution is -2.17. The molecule has 0 saturated carbocycles. The van der Waals surface area contributed by atoms with Crippen LogP contribution < -0.4 is 40.2 Å². The van der Waals surface area contributed by atoms with Crippen molar-refractivity contribution in [3.63, 3.8) is 0 Å². The van der Waals surface area contributed by atoms with Gasteiger partial charge in [-0.25, -0.2) is 0 Å². The van der Waals surface area contributed by atoms with Crippen LogP contribution >= 0.6 is 20.4 Å². The lowest BCUT2D eigenvalue weighted by atomic mass is 10.0. The van der Waals surface area contributed by atoms with E-state index in [0.29, 0.717) is 35.4 Å². The van der Waals surface area contributed by atoms with Crippen LogP contribution in [0.3, 0.4) is 0 Å². The molecule has 4 amide bonds. The number of hydrogen-bond donors (Lipinski definition) is 12. The molecule has 0 saturated heterocycles. The summed E-state index contributed by atoms with van der Waals surface area (Å²) in [5.74, 6) is -13.4. The molecular weight excluding hydrogens is 1410 g/mol. The summed E-state index contributed by atoms with van der Waals surface area (Å²) in [6.45, 7) is 3.58. The molecule has 12 N–H and O–H groups in total. The summed E-state index contributed by atoms with van der Waals surface area (Å²) in [6.07, 6.45) is 0. The van der Waals surface area contributed by atoms with Crippen LogP contribution in [0.5, 0.6) is 69.0 Å². The number of aryl methyl sites for hydroxylation is 1. The SMILES string of the molecule is Cc1cc(C(=O)Nc2cc(S(F)(F)(F)(F)F)cc(NC(=O)c3cc(OCc4ccccc4)c(OCc4ccccc4)c(OCc4ccccc4)c3)c2O)cc(OCc2ccccc2)c1C.O=C(Nc1cc(S(F)(F)(F)(F)F)cc(NC(=O)c2cc(O)c(O)c(O)c2)c1O)c1cc(O)c(O)c(O)c1. The van der Waals surface area contributed by atoms with Crippen LogP contribution in [0.1, 0.15) is 74.8 Å². The maximum Gasteiger partial charge on any atom is 0.310 e. The summed E-state index contributed by atoms with van der Waals surface area (Å²) in [4.78, 5) is 47.5. The molecule has 0 radical (unpaired) electrons. The molecule has 0 aromatic heterocycles. The van der Waals surface area contributed by atoms with Crippen LogP contribution in [-0.4, -0.2) is 64.5 Å². The Hall–Kier alpha value is -12.3. The zero-order chi connectivity index (χ0) is 74.4. The van der Waals surface area contributed by atoms with Crippen molar-refractivity contribution in [1.82, 2.24) is 0 Å². The molecule has 536 valence electrons. The Labute approximate surface area is 572 Å². The monoisotopic (exact) mass is 1460 g/mol. The Balaban J connectivity index is 0.000000277. The number of aromatic hydroxyl groups is 8. The van der Waals surface area contributed by atoms with E-state index in [1.165, 1.54) is 24.3 Å². The van der Waals surface area contributed by atoms with E-state index in [9.17, 15) is 98.9 Å². The number of hydrogen-bond acceptors (Lipinski definition) is 16. The largest absolute Gasteiger partial charge is 0.504 e. The fourth-order valence-corrected chi connectivity index (χ4v) is 10.8.